The van der Waals surface area contributed by atoms with Crippen LogP contribution >= 0.6 is 11.3 Å². The first kappa shape index (κ1) is 15.9. The second-order valence-electron chi connectivity index (χ2n) is 5.30. The van der Waals surface area contributed by atoms with Crippen molar-refractivity contribution in [1.29, 1.82) is 0 Å². The number of aliphatic hydroxyl groups excluding tert-OH is 1. The highest BCUT2D eigenvalue weighted by atomic mass is 32.2. The molecule has 1 aliphatic heterocycles. The molecule has 1 fully saturated rings. The second kappa shape index (κ2) is 5.06. The lowest BCUT2D eigenvalue weighted by Gasteiger charge is -2.23. The minimum Gasteiger partial charge on any atom is -0.391 e. The largest absolute Gasteiger partial charge is 0.391 e. The van der Waals surface area contributed by atoms with E-state index in [1.165, 1.54) is 17.4 Å². The van der Waals surface area contributed by atoms with Crippen molar-refractivity contribution in [2.75, 3.05) is 11.5 Å². The number of aryl methyl sites for hydroxylation is 1. The molecule has 2 heterocycles. The summed E-state index contributed by atoms with van der Waals surface area (Å²) in [6.45, 7) is 3.04. The van der Waals surface area contributed by atoms with Crippen molar-refractivity contribution in [3.05, 3.63) is 15.8 Å². The Labute approximate surface area is 122 Å². The van der Waals surface area contributed by atoms with Gasteiger partial charge in [-0.1, -0.05) is 0 Å². The first-order valence-electron chi connectivity index (χ1n) is 6.01. The van der Waals surface area contributed by atoms with Gasteiger partial charge in [0.1, 0.15) is 0 Å². The fourth-order valence-corrected chi connectivity index (χ4v) is 7.46. The van der Waals surface area contributed by atoms with Crippen LogP contribution in [0.4, 0.5) is 0 Å². The number of hydrogen-bond acceptors (Lipinski definition) is 6. The van der Waals surface area contributed by atoms with Crippen molar-refractivity contribution in [3.63, 3.8) is 0 Å². The van der Waals surface area contributed by atoms with Crippen LogP contribution in [0.1, 0.15) is 23.1 Å². The third-order valence-corrected chi connectivity index (χ3v) is 8.08. The summed E-state index contributed by atoms with van der Waals surface area (Å²) in [6.07, 6.45) is 0.268. The predicted octanol–water partition coefficient (Wildman–Crippen LogP) is 0.404. The third-order valence-electron chi connectivity index (χ3n) is 3.25. The summed E-state index contributed by atoms with van der Waals surface area (Å²) in [5.74, 6) is -0.189. The average molecular weight is 339 g/mol. The van der Waals surface area contributed by atoms with Gasteiger partial charge in [0.05, 0.1) is 23.0 Å². The lowest BCUT2D eigenvalue weighted by molar-refractivity contribution is 0.285. The molecule has 0 bridgehead atoms. The number of sulfone groups is 1. The quantitative estimate of drug-likeness (QED) is 0.827. The van der Waals surface area contributed by atoms with Crippen LogP contribution < -0.4 is 4.72 Å². The molecule has 6 nitrogen and oxygen atoms in total. The van der Waals surface area contributed by atoms with Crippen molar-refractivity contribution in [2.45, 2.75) is 37.3 Å². The molecule has 20 heavy (non-hydrogen) atoms. The summed E-state index contributed by atoms with van der Waals surface area (Å²) in [6, 6.07) is 1.43. The van der Waals surface area contributed by atoms with Gasteiger partial charge in [0.2, 0.25) is 10.0 Å². The molecule has 0 spiro atoms. The van der Waals surface area contributed by atoms with Gasteiger partial charge in [-0.05, 0) is 26.3 Å². The van der Waals surface area contributed by atoms with Crippen LogP contribution in [-0.4, -0.2) is 39.0 Å². The van der Waals surface area contributed by atoms with Crippen LogP contribution in [0.25, 0.3) is 0 Å². The molecular weight excluding hydrogens is 322 g/mol. The Morgan fingerprint density at radius 2 is 2.15 bits per heavy atom. The summed E-state index contributed by atoms with van der Waals surface area (Å²) in [7, 11) is -6.97. The molecule has 1 saturated heterocycles. The van der Waals surface area contributed by atoms with Crippen LogP contribution in [0.15, 0.2) is 11.0 Å². The van der Waals surface area contributed by atoms with Crippen LogP contribution in [0.3, 0.4) is 0 Å². The molecule has 1 aromatic rings. The van der Waals surface area contributed by atoms with Crippen LogP contribution in [0, 0.1) is 6.92 Å². The Hall–Kier alpha value is -0.480. The maximum atomic E-state index is 12.4. The number of aliphatic hydroxyl groups is 1. The first-order valence-corrected chi connectivity index (χ1v) is 10.1. The van der Waals surface area contributed by atoms with E-state index in [4.69, 9.17) is 5.11 Å². The van der Waals surface area contributed by atoms with Gasteiger partial charge in [-0.15, -0.1) is 11.3 Å². The SMILES string of the molecule is Cc1sc(CO)cc1S(=O)(=O)NC1(C)CCS(=O)(=O)C1. The fourth-order valence-electron chi connectivity index (χ4n) is 2.34. The Kier molecular flexibility index (Phi) is 4.02. The lowest BCUT2D eigenvalue weighted by Crippen LogP contribution is -2.46. The van der Waals surface area contributed by atoms with E-state index >= 15 is 0 Å². The van der Waals surface area contributed by atoms with Crippen LogP contribution in [0.2, 0.25) is 0 Å². The summed E-state index contributed by atoms with van der Waals surface area (Å²) < 4.78 is 50.3. The maximum Gasteiger partial charge on any atom is 0.242 e. The molecule has 0 aromatic carbocycles. The van der Waals surface area contributed by atoms with E-state index in [0.29, 0.717) is 9.75 Å². The second-order valence-corrected chi connectivity index (χ2v) is 10.5. The van der Waals surface area contributed by atoms with Gasteiger partial charge in [0, 0.05) is 15.3 Å². The van der Waals surface area contributed by atoms with Crippen LogP contribution in [0.5, 0.6) is 0 Å². The molecule has 0 saturated carbocycles. The molecule has 2 N–H and O–H groups in total. The normalized spacial score (nSPS) is 25.9. The van der Waals surface area contributed by atoms with Gasteiger partial charge < -0.3 is 5.11 Å². The fraction of sp³-hybridized carbons (Fsp3) is 0.636. The van der Waals surface area contributed by atoms with Gasteiger partial charge in [-0.25, -0.2) is 21.6 Å². The lowest BCUT2D eigenvalue weighted by atomic mass is 10.0. The Morgan fingerprint density at radius 1 is 1.50 bits per heavy atom. The number of rotatable bonds is 4. The molecule has 0 aliphatic carbocycles. The zero-order valence-corrected chi connectivity index (χ0v) is 13.7. The van der Waals surface area contributed by atoms with E-state index in [0.717, 1.165) is 0 Å². The molecule has 2 rings (SSSR count). The number of hydrogen-bond donors (Lipinski definition) is 2. The highest BCUT2D eigenvalue weighted by molar-refractivity contribution is 7.92. The van der Waals surface area contributed by atoms with Crippen molar-refractivity contribution in [2.24, 2.45) is 0 Å². The summed E-state index contributed by atoms with van der Waals surface area (Å²) in [5, 5.41) is 9.06. The van der Waals surface area contributed by atoms with Crippen molar-refractivity contribution < 1.29 is 21.9 Å². The smallest absolute Gasteiger partial charge is 0.242 e. The van der Waals surface area contributed by atoms with E-state index in [2.05, 4.69) is 4.72 Å². The molecule has 1 atom stereocenters. The molecule has 1 aliphatic rings. The predicted molar refractivity (Wildman–Crippen MR) is 77.0 cm³/mol. The zero-order chi connectivity index (χ0) is 15.2. The summed E-state index contributed by atoms with van der Waals surface area (Å²) >= 11 is 1.21. The number of thiophene rings is 1. The Morgan fingerprint density at radius 3 is 2.60 bits per heavy atom. The van der Waals surface area contributed by atoms with Gasteiger partial charge in [0.25, 0.3) is 0 Å². The average Bonchev–Trinajstić information content (AvgIpc) is 2.79. The van der Waals surface area contributed by atoms with Gasteiger partial charge in [-0.2, -0.15) is 0 Å². The van der Waals surface area contributed by atoms with Crippen molar-refractivity contribution in [1.82, 2.24) is 4.72 Å². The van der Waals surface area contributed by atoms with E-state index in [-0.39, 0.29) is 29.4 Å². The molecule has 0 amide bonds. The monoisotopic (exact) mass is 339 g/mol. The van der Waals surface area contributed by atoms with Crippen molar-refractivity contribution in [3.8, 4) is 0 Å². The van der Waals surface area contributed by atoms with Gasteiger partial charge in [-0.3, -0.25) is 0 Å². The molecule has 1 aromatic heterocycles. The van der Waals surface area contributed by atoms with Gasteiger partial charge >= 0.3 is 0 Å². The highest BCUT2D eigenvalue weighted by Crippen LogP contribution is 2.29. The molecular formula is C11H17NO5S3. The first-order chi connectivity index (χ1) is 9.07. The van der Waals surface area contributed by atoms with E-state index in [9.17, 15) is 16.8 Å². The molecule has 114 valence electrons. The summed E-state index contributed by atoms with van der Waals surface area (Å²) in [5.41, 5.74) is -0.967. The van der Waals surface area contributed by atoms with E-state index < -0.39 is 25.4 Å². The standard InChI is InChI=1S/C11H17NO5S3/c1-8-10(5-9(6-13)18-8)20(16,17)12-11(2)3-4-19(14,15)7-11/h5,12-13H,3-4,6-7H2,1-2H3. The van der Waals surface area contributed by atoms with Crippen molar-refractivity contribution >= 4 is 31.2 Å². The maximum absolute atomic E-state index is 12.4. The third kappa shape index (κ3) is 3.22. The highest BCUT2D eigenvalue weighted by Gasteiger charge is 2.41. The molecule has 0 radical (unpaired) electrons. The number of nitrogens with one attached hydrogen (secondary N) is 1. The van der Waals surface area contributed by atoms with Crippen LogP contribution in [-0.2, 0) is 26.5 Å². The minimum atomic E-state index is -3.79. The zero-order valence-electron chi connectivity index (χ0n) is 11.2. The molecule has 9 heteroatoms. The Balaban J connectivity index is 2.30. The number of sulfonamides is 1. The topological polar surface area (TPSA) is 101 Å². The minimum absolute atomic E-state index is 0.00344. The summed E-state index contributed by atoms with van der Waals surface area (Å²) in [4.78, 5) is 1.25. The molecule has 1 unspecified atom stereocenters. The van der Waals surface area contributed by atoms with E-state index in [1.54, 1.807) is 13.8 Å². The Bertz CT molecular complexity index is 719. The van der Waals surface area contributed by atoms with Gasteiger partial charge in [0.15, 0.2) is 9.84 Å². The van der Waals surface area contributed by atoms with E-state index in [1.807, 2.05) is 0 Å².